The molecule has 6 aromatic rings. The predicted molar refractivity (Wildman–Crippen MR) is 327 cm³/mol. The number of hydrogen-bond acceptors (Lipinski definition) is 12. The summed E-state index contributed by atoms with van der Waals surface area (Å²) in [4.78, 5) is 34.8. The van der Waals surface area contributed by atoms with Crippen LogP contribution >= 0.6 is 0 Å². The Balaban J connectivity index is 0.000000236. The van der Waals surface area contributed by atoms with Gasteiger partial charge >= 0.3 is 31.2 Å². The largest absolute Gasteiger partial charge is 1.00 e. The van der Waals surface area contributed by atoms with Crippen LogP contribution in [-0.4, -0.2) is 147 Å². The third-order valence-corrected chi connectivity index (χ3v) is 19.8. The van der Waals surface area contributed by atoms with E-state index in [1.807, 2.05) is 4.90 Å². The third-order valence-electron chi connectivity index (χ3n) is 16.3. The van der Waals surface area contributed by atoms with Crippen LogP contribution in [0.2, 0.25) is 0 Å². The summed E-state index contributed by atoms with van der Waals surface area (Å²) in [5.74, 6) is -0.844. The van der Waals surface area contributed by atoms with Crippen LogP contribution < -0.4 is 57.0 Å². The molecule has 14 nitrogen and oxygen atoms in total. The first-order valence-corrected chi connectivity index (χ1v) is 32.9. The van der Waals surface area contributed by atoms with Crippen LogP contribution in [0.3, 0.4) is 0 Å². The minimum Gasteiger partial charge on any atom is -1.00 e. The Morgan fingerprint density at radius 3 is 1.14 bits per heavy atom. The Kier molecular flexibility index (Phi) is 27.5. The number of Topliss-reactive ketones (excluding diaryl/α,β-unsaturated/α-hetero) is 1. The van der Waals surface area contributed by atoms with Gasteiger partial charge in [0.05, 0.1) is 43.8 Å². The average molecular weight is 1320 g/mol. The molecule has 0 aliphatic carbocycles. The molecule has 0 bridgehead atoms. The monoisotopic (exact) mass is 1320 g/mol. The number of quaternary nitrogens is 1. The van der Waals surface area contributed by atoms with Crippen LogP contribution in [0.4, 0.5) is 57.9 Å². The number of anilines is 4. The number of halogens is 9. The summed E-state index contributed by atoms with van der Waals surface area (Å²) in [7, 11) is -7.34. The van der Waals surface area contributed by atoms with Gasteiger partial charge in [-0.3, -0.25) is 14.6 Å². The molecule has 0 radical (unpaired) electrons. The molecule has 4 aliphatic heterocycles. The molecule has 0 unspecified atom stereocenters. The van der Waals surface area contributed by atoms with Crippen LogP contribution in [0, 0.1) is 18.6 Å². The van der Waals surface area contributed by atoms with Crippen LogP contribution in [0.15, 0.2) is 165 Å². The summed E-state index contributed by atoms with van der Waals surface area (Å²) in [6, 6.07) is 34.1. The Morgan fingerprint density at radius 2 is 0.802 bits per heavy atom. The van der Waals surface area contributed by atoms with E-state index in [0.29, 0.717) is 32.0 Å². The zero-order chi connectivity index (χ0) is 63.8. The quantitative estimate of drug-likeness (QED) is 0.0480. The number of likely N-dealkylation sites (tertiary alicyclic amines) is 1. The van der Waals surface area contributed by atoms with E-state index in [4.69, 9.17) is 0 Å². The van der Waals surface area contributed by atoms with Gasteiger partial charge in [0.1, 0.15) is 11.6 Å². The Morgan fingerprint density at radius 1 is 0.473 bits per heavy atom. The molecule has 0 aromatic heterocycles. The maximum absolute atomic E-state index is 13.2. The molecule has 488 valence electrons. The number of carbonyl (C=O) groups is 2. The van der Waals surface area contributed by atoms with Crippen molar-refractivity contribution in [1.29, 1.82) is 0 Å². The van der Waals surface area contributed by atoms with Crippen LogP contribution in [0.25, 0.3) is 0 Å². The number of nitrogens with one attached hydrogen (secondary N) is 2. The molecular formula is C65H76ClF8LiN8O6S2. The van der Waals surface area contributed by atoms with Crippen LogP contribution in [0.1, 0.15) is 62.5 Å². The topological polar surface area (TPSA) is 159 Å². The normalized spacial score (nSPS) is 16.4. The predicted octanol–water partition coefficient (Wildman–Crippen LogP) is 4.50. The number of carbonyl (C=O) groups excluding carboxylic acids is 2. The van der Waals surface area contributed by atoms with Gasteiger partial charge in [0, 0.05) is 120 Å². The Hall–Kier alpha value is -6.36. The van der Waals surface area contributed by atoms with Gasteiger partial charge < -0.3 is 54.8 Å². The molecule has 1 amide bonds. The minimum atomic E-state index is -4.34. The summed E-state index contributed by atoms with van der Waals surface area (Å²) in [5.41, 5.74) is 2.07. The van der Waals surface area contributed by atoms with Gasteiger partial charge in [-0.25, -0.2) is 25.6 Å². The molecule has 4 saturated heterocycles. The van der Waals surface area contributed by atoms with E-state index in [1.54, 1.807) is 36.4 Å². The van der Waals surface area contributed by atoms with Crippen molar-refractivity contribution in [2.24, 2.45) is 0 Å². The first-order chi connectivity index (χ1) is 42.4. The number of alkyl halides is 6. The van der Waals surface area contributed by atoms with Crippen molar-refractivity contribution in [3.8, 4) is 0 Å². The first kappa shape index (κ1) is 73.7. The average Bonchev–Trinajstić information content (AvgIpc) is 1.36. The molecular weight excluding hydrogens is 1250 g/mol. The number of amides is 1. The van der Waals surface area contributed by atoms with Crippen molar-refractivity contribution in [2.75, 3.05) is 112 Å². The van der Waals surface area contributed by atoms with Gasteiger partial charge in [-0.1, -0.05) is 0 Å². The molecule has 4 aliphatic rings. The molecule has 4 fully saturated rings. The fourth-order valence-electron chi connectivity index (χ4n) is 11.1. The standard InChI is InChI=1S/C32H36F4N4O3S.C17H19FN2O2S.C16H20F3N2O.ClH.Li/c33-25-5-11-29(12-6-25)44(42,43)30-13-7-26(8-14-30)37-27-15-18-40(19-16-27)31(41)2-1-17-38-20-22-39(23-21-38)28-9-3-24(4-10-28)32(34,35)36;18-13-1-5-16(6-2-13)23(21,22)17-7-3-14(4-8-17)20-15-9-11-19-12-10-15;1-13(22)3-2-8-20-9-11-21(12-10-20)15-6-4-14(5-7-15)16(17,18)19;;/h3-14,27,37H,1-2,15-23H2;1-8,15,19-20H,9-12H2;4-7H,1-3,8-12H2;1H;/q;;-1;;+1. The SMILES string of the molecule is O=C(CCCN1CCN(c2ccc(C(F)(F)F)cc2)CC1)N1CCC(Nc2ccc(S(=O)(=O)c3ccc(F)cc3)cc2)CC1.O=S(=O)(c1ccc(F)cc1)c1ccc(NC2CC[NH2+]CC2)cc1.[CH2-]C(=O)CCCN1CCN(c2ccc(C(F)(F)F)cc2)CC1.[Cl-].[Li+]. The van der Waals surface area contributed by atoms with Gasteiger partial charge in [-0.2, -0.15) is 26.3 Å². The number of piperidine rings is 2. The van der Waals surface area contributed by atoms with Crippen molar-refractivity contribution in [3.63, 3.8) is 0 Å². The van der Waals surface area contributed by atoms with Gasteiger partial charge in [0.25, 0.3) is 0 Å². The Labute approximate surface area is 546 Å². The summed E-state index contributed by atoms with van der Waals surface area (Å²) < 4.78 is 153. The molecule has 91 heavy (non-hydrogen) atoms. The second kappa shape index (κ2) is 34.0. The van der Waals surface area contributed by atoms with Crippen LogP contribution in [0.5, 0.6) is 0 Å². The van der Waals surface area contributed by atoms with Gasteiger partial charge in [0.2, 0.25) is 25.6 Å². The number of nitrogens with two attached hydrogens (primary N) is 1. The number of nitrogens with zero attached hydrogens (tertiary/aromatic N) is 5. The number of rotatable bonds is 18. The van der Waals surface area contributed by atoms with E-state index in [1.165, 1.54) is 60.7 Å². The summed E-state index contributed by atoms with van der Waals surface area (Å²) >= 11 is 0. The molecule has 0 saturated carbocycles. The van der Waals surface area contributed by atoms with Gasteiger partial charge in [-0.15, -0.1) is 0 Å². The number of ketones is 1. The number of hydrogen-bond donors (Lipinski definition) is 3. The zero-order valence-electron chi connectivity index (χ0n) is 50.8. The van der Waals surface area contributed by atoms with E-state index >= 15 is 0 Å². The number of benzene rings is 6. The zero-order valence-corrected chi connectivity index (χ0v) is 53.1. The second-order valence-corrected chi connectivity index (χ2v) is 26.4. The first-order valence-electron chi connectivity index (χ1n) is 29.9. The maximum Gasteiger partial charge on any atom is 1.00 e. The summed E-state index contributed by atoms with van der Waals surface area (Å²) in [6.07, 6.45) is -2.31. The molecule has 26 heteroatoms. The molecule has 6 aromatic carbocycles. The molecule has 4 N–H and O–H groups in total. The Bertz CT molecular complexity index is 3440. The van der Waals surface area contributed by atoms with E-state index in [-0.39, 0.29) is 68.6 Å². The van der Waals surface area contributed by atoms with Gasteiger partial charge in [-0.05, 0) is 197 Å². The number of piperazine rings is 2. The molecule has 0 spiro atoms. The van der Waals surface area contributed by atoms with E-state index < -0.39 is 54.8 Å². The maximum atomic E-state index is 13.2. The van der Waals surface area contributed by atoms with Crippen molar-refractivity contribution in [1.82, 2.24) is 14.7 Å². The third kappa shape index (κ3) is 21.9. The molecule has 10 rings (SSSR count). The molecule has 4 heterocycles. The van der Waals surface area contributed by atoms with Gasteiger partial charge in [0.15, 0.2) is 0 Å². The fourth-order valence-corrected chi connectivity index (χ4v) is 13.6. The smallest absolute Gasteiger partial charge is 1.00 e. The van der Waals surface area contributed by atoms with E-state index in [2.05, 4.69) is 42.5 Å². The number of sulfone groups is 2. The summed E-state index contributed by atoms with van der Waals surface area (Å²) in [5, 5.41) is 9.18. The second-order valence-electron chi connectivity index (χ2n) is 22.5. The van der Waals surface area contributed by atoms with E-state index in [9.17, 15) is 61.5 Å². The van der Waals surface area contributed by atoms with Crippen molar-refractivity contribution in [3.05, 3.63) is 175 Å². The van der Waals surface area contributed by atoms with Crippen molar-refractivity contribution < 1.29 is 98.1 Å². The summed E-state index contributed by atoms with van der Waals surface area (Å²) in [6.45, 7) is 14.9. The van der Waals surface area contributed by atoms with Crippen molar-refractivity contribution in [2.45, 2.75) is 95.4 Å². The fraction of sp³-hybridized carbons (Fsp3) is 0.400. The van der Waals surface area contributed by atoms with Crippen molar-refractivity contribution >= 4 is 54.1 Å². The minimum absolute atomic E-state index is 0. The van der Waals surface area contributed by atoms with Crippen LogP contribution in [-0.2, 0) is 41.6 Å². The molecule has 0 atom stereocenters. The van der Waals surface area contributed by atoms with E-state index in [0.717, 1.165) is 188 Å².